The number of aromatic amines is 1. The number of ether oxygens (including phenoxy) is 1. The molecule has 0 spiro atoms. The van der Waals surface area contributed by atoms with Gasteiger partial charge in [0.15, 0.2) is 5.69 Å². The SMILES string of the molecule is COc1ccc(Br)cc1C=NNC(=O)c1cc(C(C)(C)C)[nH]n1. The molecule has 2 rings (SSSR count). The van der Waals surface area contributed by atoms with Crippen LogP contribution in [0.3, 0.4) is 0 Å². The van der Waals surface area contributed by atoms with E-state index in [-0.39, 0.29) is 11.3 Å². The third kappa shape index (κ3) is 4.41. The largest absolute Gasteiger partial charge is 0.496 e. The maximum atomic E-state index is 12.0. The van der Waals surface area contributed by atoms with Crippen LogP contribution in [0.2, 0.25) is 0 Å². The number of benzene rings is 1. The Hall–Kier alpha value is -2.15. The van der Waals surface area contributed by atoms with Crippen LogP contribution in [0.15, 0.2) is 33.8 Å². The van der Waals surface area contributed by atoms with Crippen LogP contribution in [0.4, 0.5) is 0 Å². The van der Waals surface area contributed by atoms with Crippen molar-refractivity contribution in [1.29, 1.82) is 0 Å². The predicted molar refractivity (Wildman–Crippen MR) is 93.0 cm³/mol. The molecule has 0 aliphatic carbocycles. The summed E-state index contributed by atoms with van der Waals surface area (Å²) in [7, 11) is 1.58. The number of amides is 1. The molecule has 0 saturated heterocycles. The molecule has 2 N–H and O–H groups in total. The number of aromatic nitrogens is 2. The van der Waals surface area contributed by atoms with Gasteiger partial charge in [0.1, 0.15) is 5.75 Å². The number of hydrogen-bond acceptors (Lipinski definition) is 4. The molecule has 122 valence electrons. The van der Waals surface area contributed by atoms with Crippen LogP contribution in [-0.4, -0.2) is 29.4 Å². The summed E-state index contributed by atoms with van der Waals surface area (Å²) in [5.41, 5.74) is 4.30. The summed E-state index contributed by atoms with van der Waals surface area (Å²) in [5.74, 6) is 0.294. The van der Waals surface area contributed by atoms with Crippen LogP contribution in [0.5, 0.6) is 5.75 Å². The first kappa shape index (κ1) is 17.2. The number of hydrazone groups is 1. The van der Waals surface area contributed by atoms with Crippen LogP contribution in [0, 0.1) is 0 Å². The molecule has 7 heteroatoms. The summed E-state index contributed by atoms with van der Waals surface area (Å²) in [6.45, 7) is 6.12. The quantitative estimate of drug-likeness (QED) is 0.632. The van der Waals surface area contributed by atoms with Gasteiger partial charge in [-0.2, -0.15) is 10.2 Å². The van der Waals surface area contributed by atoms with Crippen molar-refractivity contribution in [2.45, 2.75) is 26.2 Å². The van der Waals surface area contributed by atoms with E-state index in [9.17, 15) is 4.79 Å². The number of nitrogens with zero attached hydrogens (tertiary/aromatic N) is 2. The Kier molecular flexibility index (Phi) is 5.20. The van der Waals surface area contributed by atoms with Crippen molar-refractivity contribution in [3.05, 3.63) is 45.7 Å². The molecule has 0 aliphatic rings. The first-order valence-corrected chi connectivity index (χ1v) is 7.83. The first-order chi connectivity index (χ1) is 10.8. The first-order valence-electron chi connectivity index (χ1n) is 7.04. The number of methoxy groups -OCH3 is 1. The Morgan fingerprint density at radius 1 is 1.39 bits per heavy atom. The third-order valence-corrected chi connectivity index (χ3v) is 3.67. The molecule has 6 nitrogen and oxygen atoms in total. The van der Waals surface area contributed by atoms with E-state index in [1.54, 1.807) is 13.2 Å². The molecule has 1 aromatic heterocycles. The number of carbonyl (C=O) groups excluding carboxylic acids is 1. The van der Waals surface area contributed by atoms with E-state index in [1.165, 1.54) is 6.21 Å². The van der Waals surface area contributed by atoms with Gasteiger partial charge < -0.3 is 4.74 Å². The van der Waals surface area contributed by atoms with Gasteiger partial charge in [-0.3, -0.25) is 9.89 Å². The number of rotatable bonds is 4. The maximum absolute atomic E-state index is 12.0. The normalized spacial score (nSPS) is 11.7. The van der Waals surface area contributed by atoms with Crippen molar-refractivity contribution in [2.24, 2.45) is 5.10 Å². The number of nitrogens with one attached hydrogen (secondary N) is 2. The van der Waals surface area contributed by atoms with Crippen LogP contribution >= 0.6 is 15.9 Å². The van der Waals surface area contributed by atoms with E-state index in [2.05, 4.69) is 36.7 Å². The number of halogens is 1. The molecule has 23 heavy (non-hydrogen) atoms. The van der Waals surface area contributed by atoms with Crippen LogP contribution in [-0.2, 0) is 5.41 Å². The second-order valence-electron chi connectivity index (χ2n) is 6.00. The van der Waals surface area contributed by atoms with E-state index in [0.29, 0.717) is 11.4 Å². The molecule has 1 heterocycles. The molecule has 0 saturated carbocycles. The monoisotopic (exact) mass is 378 g/mol. The Labute approximate surface area is 143 Å². The molecule has 1 aromatic carbocycles. The van der Waals surface area contributed by atoms with Crippen molar-refractivity contribution >= 4 is 28.1 Å². The van der Waals surface area contributed by atoms with Crippen molar-refractivity contribution in [3.63, 3.8) is 0 Å². The maximum Gasteiger partial charge on any atom is 0.291 e. The van der Waals surface area contributed by atoms with Crippen LogP contribution < -0.4 is 10.2 Å². The molecule has 2 aromatic rings. The molecular weight excluding hydrogens is 360 g/mol. The molecule has 0 aliphatic heterocycles. The predicted octanol–water partition coefficient (Wildman–Crippen LogP) is 3.24. The Bertz CT molecular complexity index is 732. The lowest BCUT2D eigenvalue weighted by Gasteiger charge is -2.14. The zero-order valence-corrected chi connectivity index (χ0v) is 15.1. The van der Waals surface area contributed by atoms with Crippen LogP contribution in [0.1, 0.15) is 42.5 Å². The summed E-state index contributed by atoms with van der Waals surface area (Å²) >= 11 is 3.39. The van der Waals surface area contributed by atoms with Crippen molar-refractivity contribution in [1.82, 2.24) is 15.6 Å². The molecule has 0 fully saturated rings. The molecule has 1 amide bonds. The summed E-state index contributed by atoms with van der Waals surface area (Å²) in [5, 5.41) is 10.8. The van der Waals surface area contributed by atoms with E-state index in [4.69, 9.17) is 4.74 Å². The minimum absolute atomic E-state index is 0.0987. The van der Waals surface area contributed by atoms with Gasteiger partial charge in [-0.25, -0.2) is 5.43 Å². The Morgan fingerprint density at radius 3 is 2.74 bits per heavy atom. The fourth-order valence-corrected chi connectivity index (χ4v) is 2.22. The third-order valence-electron chi connectivity index (χ3n) is 3.18. The lowest BCUT2D eigenvalue weighted by atomic mass is 9.92. The summed E-state index contributed by atoms with van der Waals surface area (Å²) < 4.78 is 6.14. The lowest BCUT2D eigenvalue weighted by molar-refractivity contribution is 0.0950. The highest BCUT2D eigenvalue weighted by atomic mass is 79.9. The number of carbonyl (C=O) groups is 1. The minimum Gasteiger partial charge on any atom is -0.496 e. The smallest absolute Gasteiger partial charge is 0.291 e. The fourth-order valence-electron chi connectivity index (χ4n) is 1.85. The highest BCUT2D eigenvalue weighted by molar-refractivity contribution is 9.10. The van der Waals surface area contributed by atoms with Crippen molar-refractivity contribution < 1.29 is 9.53 Å². The fraction of sp³-hybridized carbons (Fsp3) is 0.312. The van der Waals surface area contributed by atoms with E-state index < -0.39 is 0 Å². The van der Waals surface area contributed by atoms with Gasteiger partial charge in [-0.05, 0) is 24.3 Å². The average Bonchev–Trinajstić information content (AvgIpc) is 2.97. The highest BCUT2D eigenvalue weighted by Gasteiger charge is 2.19. The highest BCUT2D eigenvalue weighted by Crippen LogP contribution is 2.21. The zero-order chi connectivity index (χ0) is 17.0. The van der Waals surface area contributed by atoms with E-state index in [0.717, 1.165) is 15.7 Å². The van der Waals surface area contributed by atoms with E-state index >= 15 is 0 Å². The zero-order valence-electron chi connectivity index (χ0n) is 13.5. The molecule has 0 atom stereocenters. The summed E-state index contributed by atoms with van der Waals surface area (Å²) in [4.78, 5) is 12.0. The second kappa shape index (κ2) is 6.95. The molecule has 0 unspecified atom stereocenters. The lowest BCUT2D eigenvalue weighted by Crippen LogP contribution is -2.18. The Balaban J connectivity index is 2.07. The van der Waals surface area contributed by atoms with Gasteiger partial charge >= 0.3 is 0 Å². The topological polar surface area (TPSA) is 79.4 Å². The van der Waals surface area contributed by atoms with Crippen molar-refractivity contribution in [3.8, 4) is 5.75 Å². The number of hydrogen-bond donors (Lipinski definition) is 2. The molecule has 0 radical (unpaired) electrons. The summed E-state index contributed by atoms with van der Waals surface area (Å²) in [6, 6.07) is 7.26. The Morgan fingerprint density at radius 2 is 2.13 bits per heavy atom. The van der Waals surface area contributed by atoms with Gasteiger partial charge in [-0.15, -0.1) is 0 Å². The van der Waals surface area contributed by atoms with Crippen molar-refractivity contribution in [2.75, 3.05) is 7.11 Å². The van der Waals surface area contributed by atoms with Gasteiger partial charge in [0.2, 0.25) is 0 Å². The van der Waals surface area contributed by atoms with Gasteiger partial charge in [0.25, 0.3) is 5.91 Å². The number of H-pyrrole nitrogens is 1. The van der Waals surface area contributed by atoms with Gasteiger partial charge in [-0.1, -0.05) is 36.7 Å². The second-order valence-corrected chi connectivity index (χ2v) is 6.92. The molecular formula is C16H19BrN4O2. The van der Waals surface area contributed by atoms with Gasteiger partial charge in [0, 0.05) is 21.1 Å². The minimum atomic E-state index is -0.373. The van der Waals surface area contributed by atoms with E-state index in [1.807, 2.05) is 39.0 Å². The van der Waals surface area contributed by atoms with Crippen LogP contribution in [0.25, 0.3) is 0 Å². The average molecular weight is 379 g/mol. The van der Waals surface area contributed by atoms with Gasteiger partial charge in [0.05, 0.1) is 13.3 Å². The summed E-state index contributed by atoms with van der Waals surface area (Å²) in [6.07, 6.45) is 1.53. The standard InChI is InChI=1S/C16H19BrN4O2/c1-16(2,3)14-8-12(19-20-14)15(22)21-18-9-10-7-11(17)5-6-13(10)23-4/h5-9H,1-4H3,(H,19,20)(H,21,22). The molecule has 0 bridgehead atoms.